The van der Waals surface area contributed by atoms with Crippen molar-refractivity contribution in [1.82, 2.24) is 10.3 Å². The van der Waals surface area contributed by atoms with Gasteiger partial charge in [-0.25, -0.2) is 0 Å². The topological polar surface area (TPSA) is 42.0 Å². The van der Waals surface area contributed by atoms with Gasteiger partial charge in [0, 0.05) is 29.6 Å². The molecule has 1 amide bonds. The molecule has 3 nitrogen and oxygen atoms in total. The quantitative estimate of drug-likeness (QED) is 0.848. The first-order valence-corrected chi connectivity index (χ1v) is 8.56. The van der Waals surface area contributed by atoms with Gasteiger partial charge in [-0.05, 0) is 36.2 Å². The molecule has 0 unspecified atom stereocenters. The van der Waals surface area contributed by atoms with Gasteiger partial charge in [-0.2, -0.15) is 0 Å². The second-order valence-electron chi connectivity index (χ2n) is 4.15. The van der Waals surface area contributed by atoms with Crippen molar-refractivity contribution < 1.29 is 4.79 Å². The van der Waals surface area contributed by atoms with Crippen molar-refractivity contribution in [2.24, 2.45) is 0 Å². The number of amides is 1. The Bertz CT molecular complexity index is 545. The fraction of sp³-hybridized carbons (Fsp3) is 0.286. The Hall–Kier alpha value is -1.04. The third-order valence-corrected chi connectivity index (χ3v) is 4.87. The summed E-state index contributed by atoms with van der Waals surface area (Å²) in [6, 6.07) is 7.81. The molecule has 0 spiro atoms. The number of thioether (sulfide) groups is 1. The monoisotopic (exact) mass is 326 g/mol. The van der Waals surface area contributed by atoms with Gasteiger partial charge in [0.1, 0.15) is 0 Å². The van der Waals surface area contributed by atoms with Crippen molar-refractivity contribution in [2.45, 2.75) is 12.2 Å². The average molecular weight is 327 g/mol. The summed E-state index contributed by atoms with van der Waals surface area (Å²) in [5.74, 6) is 1.39. The summed E-state index contributed by atoms with van der Waals surface area (Å²) < 4.78 is 0.791. The summed E-state index contributed by atoms with van der Waals surface area (Å²) in [7, 11) is 0. The summed E-state index contributed by atoms with van der Waals surface area (Å²) in [6.07, 6.45) is 4.36. The lowest BCUT2D eigenvalue weighted by Crippen LogP contribution is -2.27. The molecule has 2 heterocycles. The van der Waals surface area contributed by atoms with E-state index < -0.39 is 0 Å². The number of nitrogens with zero attached hydrogens (tertiary/aromatic N) is 1. The highest BCUT2D eigenvalue weighted by Gasteiger charge is 2.03. The maximum atomic E-state index is 11.7. The van der Waals surface area contributed by atoms with Gasteiger partial charge in [-0.1, -0.05) is 11.6 Å². The molecule has 0 bridgehead atoms. The third-order valence-electron chi connectivity index (χ3n) is 2.57. The van der Waals surface area contributed by atoms with Crippen molar-refractivity contribution in [2.75, 3.05) is 12.3 Å². The third kappa shape index (κ3) is 5.53. The second kappa shape index (κ2) is 8.29. The van der Waals surface area contributed by atoms with Gasteiger partial charge in [0.05, 0.1) is 10.1 Å². The van der Waals surface area contributed by atoms with Gasteiger partial charge in [0.2, 0.25) is 5.91 Å². The molecule has 2 aromatic heterocycles. The van der Waals surface area contributed by atoms with Gasteiger partial charge >= 0.3 is 0 Å². The summed E-state index contributed by atoms with van der Waals surface area (Å²) in [6.45, 7) is 0.658. The largest absolute Gasteiger partial charge is 0.355 e. The Balaban J connectivity index is 1.59. The van der Waals surface area contributed by atoms with Crippen LogP contribution >= 0.6 is 34.7 Å². The molecule has 0 aliphatic heterocycles. The van der Waals surface area contributed by atoms with Crippen LogP contribution in [0.2, 0.25) is 4.34 Å². The zero-order valence-electron chi connectivity index (χ0n) is 10.8. The Kier molecular flexibility index (Phi) is 6.36. The van der Waals surface area contributed by atoms with E-state index in [2.05, 4.69) is 10.3 Å². The number of aromatic nitrogens is 1. The van der Waals surface area contributed by atoms with Crippen molar-refractivity contribution in [3.63, 3.8) is 0 Å². The van der Waals surface area contributed by atoms with Crippen LogP contribution < -0.4 is 5.32 Å². The van der Waals surface area contributed by atoms with Crippen LogP contribution in [0.1, 0.15) is 10.4 Å². The SMILES string of the molecule is O=C(CSCc1ccncc1)NCCc1ccc(Cl)s1. The maximum Gasteiger partial charge on any atom is 0.230 e. The van der Waals surface area contributed by atoms with E-state index in [1.807, 2.05) is 24.3 Å². The molecule has 0 aliphatic carbocycles. The van der Waals surface area contributed by atoms with Gasteiger partial charge < -0.3 is 5.32 Å². The first kappa shape index (κ1) is 15.4. The van der Waals surface area contributed by atoms with E-state index in [4.69, 9.17) is 11.6 Å². The molecule has 0 radical (unpaired) electrons. The molecule has 0 atom stereocenters. The highest BCUT2D eigenvalue weighted by atomic mass is 35.5. The maximum absolute atomic E-state index is 11.7. The number of halogens is 1. The van der Waals surface area contributed by atoms with E-state index in [0.717, 1.165) is 16.5 Å². The van der Waals surface area contributed by atoms with Gasteiger partial charge in [0.25, 0.3) is 0 Å². The van der Waals surface area contributed by atoms with E-state index in [-0.39, 0.29) is 5.91 Å². The molecule has 1 N–H and O–H groups in total. The number of nitrogens with one attached hydrogen (secondary N) is 1. The minimum Gasteiger partial charge on any atom is -0.355 e. The molecule has 20 heavy (non-hydrogen) atoms. The smallest absolute Gasteiger partial charge is 0.230 e. The Morgan fingerprint density at radius 2 is 2.10 bits per heavy atom. The molecule has 0 saturated heterocycles. The molecule has 0 aliphatic rings. The number of pyridine rings is 1. The van der Waals surface area contributed by atoms with Crippen molar-refractivity contribution in [3.05, 3.63) is 51.4 Å². The highest BCUT2D eigenvalue weighted by molar-refractivity contribution is 7.99. The van der Waals surface area contributed by atoms with Gasteiger partial charge in [0.15, 0.2) is 0 Å². The Morgan fingerprint density at radius 3 is 2.80 bits per heavy atom. The minimum absolute atomic E-state index is 0.0757. The van der Waals surface area contributed by atoms with Crippen molar-refractivity contribution in [3.8, 4) is 0 Å². The Labute approximate surface area is 131 Å². The van der Waals surface area contributed by atoms with Crippen molar-refractivity contribution in [1.29, 1.82) is 0 Å². The van der Waals surface area contributed by atoms with Crippen LogP contribution in [0.5, 0.6) is 0 Å². The Morgan fingerprint density at radius 1 is 1.30 bits per heavy atom. The summed E-state index contributed by atoms with van der Waals surface area (Å²) in [5.41, 5.74) is 1.19. The lowest BCUT2D eigenvalue weighted by Gasteiger charge is -2.04. The van der Waals surface area contributed by atoms with E-state index in [0.29, 0.717) is 12.3 Å². The predicted octanol–water partition coefficient (Wildman–Crippen LogP) is 3.39. The molecule has 0 fully saturated rings. The van der Waals surface area contributed by atoms with Gasteiger partial charge in [-0.3, -0.25) is 9.78 Å². The van der Waals surface area contributed by atoms with E-state index in [1.54, 1.807) is 35.5 Å². The highest BCUT2D eigenvalue weighted by Crippen LogP contribution is 2.21. The molecule has 6 heteroatoms. The normalized spacial score (nSPS) is 10.4. The molecule has 106 valence electrons. The average Bonchev–Trinajstić information content (AvgIpc) is 2.86. The number of hydrogen-bond donors (Lipinski definition) is 1. The standard InChI is InChI=1S/C14H15ClN2OS2/c15-13-2-1-12(20-13)5-8-17-14(18)10-19-9-11-3-6-16-7-4-11/h1-4,6-7H,5,8-10H2,(H,17,18). The number of thiophene rings is 1. The van der Waals surface area contributed by atoms with Crippen LogP contribution in [-0.2, 0) is 17.0 Å². The first-order valence-electron chi connectivity index (χ1n) is 6.21. The van der Waals surface area contributed by atoms with Crippen molar-refractivity contribution >= 4 is 40.6 Å². The van der Waals surface area contributed by atoms with Crippen LogP contribution in [0.25, 0.3) is 0 Å². The van der Waals surface area contributed by atoms with E-state index in [9.17, 15) is 4.79 Å². The lowest BCUT2D eigenvalue weighted by molar-refractivity contribution is -0.118. The first-order chi connectivity index (χ1) is 9.74. The van der Waals surface area contributed by atoms with Crippen LogP contribution in [-0.4, -0.2) is 23.2 Å². The zero-order chi connectivity index (χ0) is 14.2. The number of hydrogen-bond acceptors (Lipinski definition) is 4. The van der Waals surface area contributed by atoms with Gasteiger partial charge in [-0.15, -0.1) is 23.1 Å². The van der Waals surface area contributed by atoms with Crippen LogP contribution in [0, 0.1) is 0 Å². The zero-order valence-corrected chi connectivity index (χ0v) is 13.2. The fourth-order valence-corrected chi connectivity index (χ4v) is 3.51. The van der Waals surface area contributed by atoms with E-state index in [1.165, 1.54) is 10.4 Å². The van der Waals surface area contributed by atoms with Crippen LogP contribution in [0.4, 0.5) is 0 Å². The predicted molar refractivity (Wildman–Crippen MR) is 86.4 cm³/mol. The summed E-state index contributed by atoms with van der Waals surface area (Å²) in [5, 5.41) is 2.92. The molecular formula is C14H15ClN2OS2. The molecular weight excluding hydrogens is 312 g/mol. The second-order valence-corrected chi connectivity index (χ2v) is 6.94. The molecule has 2 aromatic rings. The molecule has 0 aromatic carbocycles. The lowest BCUT2D eigenvalue weighted by atomic mass is 10.3. The summed E-state index contributed by atoms with van der Waals surface area (Å²) in [4.78, 5) is 16.8. The van der Waals surface area contributed by atoms with Crippen LogP contribution in [0.3, 0.4) is 0 Å². The molecule has 0 saturated carbocycles. The van der Waals surface area contributed by atoms with E-state index >= 15 is 0 Å². The molecule has 2 rings (SSSR count). The fourth-order valence-electron chi connectivity index (χ4n) is 1.60. The summed E-state index contributed by atoms with van der Waals surface area (Å²) >= 11 is 9.02. The minimum atomic E-state index is 0.0757. The number of carbonyl (C=O) groups is 1. The number of rotatable bonds is 7. The van der Waals surface area contributed by atoms with Crippen LogP contribution in [0.15, 0.2) is 36.7 Å². The number of carbonyl (C=O) groups excluding carboxylic acids is 1.